The summed E-state index contributed by atoms with van der Waals surface area (Å²) in [5.74, 6) is 7.21. The monoisotopic (exact) mass is 388 g/mol. The first-order valence-corrected chi connectivity index (χ1v) is 9.76. The third kappa shape index (κ3) is 2.89. The minimum Gasteiger partial charge on any atom is -0.383 e. The number of anilines is 1. The van der Waals surface area contributed by atoms with E-state index in [4.69, 9.17) is 16.3 Å². The van der Waals surface area contributed by atoms with E-state index in [1.165, 1.54) is 0 Å². The van der Waals surface area contributed by atoms with Crippen molar-refractivity contribution in [1.82, 2.24) is 14.2 Å². The van der Waals surface area contributed by atoms with Gasteiger partial charge >= 0.3 is 5.69 Å². The van der Waals surface area contributed by atoms with Crippen LogP contribution in [0.15, 0.2) is 15.8 Å². The fourth-order valence-corrected chi connectivity index (χ4v) is 4.52. The van der Waals surface area contributed by atoms with E-state index in [2.05, 4.69) is 16.8 Å². The maximum Gasteiger partial charge on any atom is 0.350 e. The number of hydrogen-bond donors (Lipinski definition) is 2. The summed E-state index contributed by atoms with van der Waals surface area (Å²) in [4.78, 5) is 32.0. The average Bonchev–Trinajstić information content (AvgIpc) is 3.42. The van der Waals surface area contributed by atoms with Crippen LogP contribution in [0.2, 0.25) is 0 Å². The zero-order valence-electron chi connectivity index (χ0n) is 16.6. The molecule has 3 atom stereocenters. The Morgan fingerprint density at radius 3 is 2.68 bits per heavy atom. The molecule has 0 radical (unpaired) electrons. The first kappa shape index (κ1) is 18.9. The number of pyridine rings is 1. The first-order valence-electron chi connectivity index (χ1n) is 9.76. The molecule has 2 aromatic rings. The van der Waals surface area contributed by atoms with Crippen LogP contribution in [0, 0.1) is 18.8 Å². The van der Waals surface area contributed by atoms with Crippen LogP contribution in [0.1, 0.15) is 31.4 Å². The fraction of sp³-hybridized carbons (Fsp3) is 0.632. The number of nitrogens with two attached hydrogens (primary N) is 2. The van der Waals surface area contributed by atoms with Crippen molar-refractivity contribution in [1.29, 1.82) is 0 Å². The van der Waals surface area contributed by atoms with Crippen molar-refractivity contribution in [2.24, 2.45) is 17.6 Å². The van der Waals surface area contributed by atoms with Crippen molar-refractivity contribution in [3.8, 4) is 0 Å². The Kier molecular flexibility index (Phi) is 4.67. The highest BCUT2D eigenvalue weighted by Gasteiger charge is 2.36. The number of aryl methyl sites for hydroxylation is 1. The van der Waals surface area contributed by atoms with Crippen molar-refractivity contribution in [3.63, 3.8) is 0 Å². The predicted molar refractivity (Wildman–Crippen MR) is 108 cm³/mol. The summed E-state index contributed by atoms with van der Waals surface area (Å²) in [5, 5.41) is 0.384. The van der Waals surface area contributed by atoms with Gasteiger partial charge in [0.2, 0.25) is 0 Å². The van der Waals surface area contributed by atoms with Crippen LogP contribution >= 0.6 is 0 Å². The molecule has 0 amide bonds. The van der Waals surface area contributed by atoms with Crippen molar-refractivity contribution >= 4 is 16.7 Å². The van der Waals surface area contributed by atoms with Gasteiger partial charge in [-0.15, -0.1) is 0 Å². The van der Waals surface area contributed by atoms with Crippen LogP contribution in [0.4, 0.5) is 5.82 Å². The molecule has 2 aliphatic rings. The molecule has 0 aromatic carbocycles. The molecule has 4 rings (SSSR count). The average molecular weight is 388 g/mol. The number of rotatable bonds is 5. The van der Waals surface area contributed by atoms with E-state index in [1.807, 2.05) is 6.92 Å². The summed E-state index contributed by atoms with van der Waals surface area (Å²) in [6, 6.07) is 0.0552. The van der Waals surface area contributed by atoms with Crippen molar-refractivity contribution in [3.05, 3.63) is 32.6 Å². The Hall–Kier alpha value is -2.39. The molecule has 0 bridgehead atoms. The van der Waals surface area contributed by atoms with Gasteiger partial charge in [-0.3, -0.25) is 9.36 Å². The van der Waals surface area contributed by atoms with Crippen molar-refractivity contribution in [2.75, 3.05) is 37.5 Å². The van der Waals surface area contributed by atoms with Crippen LogP contribution in [-0.2, 0) is 4.74 Å². The van der Waals surface area contributed by atoms with Gasteiger partial charge in [-0.1, -0.05) is 6.92 Å². The second-order valence-corrected chi connectivity index (χ2v) is 8.19. The van der Waals surface area contributed by atoms with Crippen LogP contribution in [0.3, 0.4) is 0 Å². The van der Waals surface area contributed by atoms with Gasteiger partial charge in [0.1, 0.15) is 5.82 Å². The predicted octanol–water partition coefficient (Wildman–Crippen LogP) is -0.0387. The lowest BCUT2D eigenvalue weighted by molar-refractivity contribution is 0.152. The number of fused-ring (bicyclic) bond motifs is 1. The number of ether oxygens (including phenoxy) is 1. The smallest absolute Gasteiger partial charge is 0.350 e. The lowest BCUT2D eigenvalue weighted by atomic mass is 9.91. The highest BCUT2D eigenvalue weighted by Crippen LogP contribution is 2.38. The SMILES string of the molecule is COCC(N)C1CN(c2ncc3c(=O)n(N)c(=O)n(C4CC4)c3c2C)CC1C. The zero-order valence-corrected chi connectivity index (χ0v) is 16.6. The molecule has 1 aliphatic heterocycles. The van der Waals surface area contributed by atoms with Crippen LogP contribution in [-0.4, -0.2) is 47.1 Å². The molecule has 152 valence electrons. The summed E-state index contributed by atoms with van der Waals surface area (Å²) in [6.45, 7) is 6.22. The Morgan fingerprint density at radius 1 is 1.32 bits per heavy atom. The largest absolute Gasteiger partial charge is 0.383 e. The first-order chi connectivity index (χ1) is 13.3. The Morgan fingerprint density at radius 2 is 2.04 bits per heavy atom. The minimum absolute atomic E-state index is 0.0418. The molecule has 1 saturated heterocycles. The number of hydrogen-bond acceptors (Lipinski definition) is 7. The second kappa shape index (κ2) is 6.89. The molecule has 9 nitrogen and oxygen atoms in total. The summed E-state index contributed by atoms with van der Waals surface area (Å²) >= 11 is 0. The van der Waals surface area contributed by atoms with Gasteiger partial charge in [0.15, 0.2) is 0 Å². The summed E-state index contributed by atoms with van der Waals surface area (Å²) in [6.07, 6.45) is 3.38. The van der Waals surface area contributed by atoms with Gasteiger partial charge in [-0.05, 0) is 31.6 Å². The van der Waals surface area contributed by atoms with Gasteiger partial charge < -0.3 is 21.2 Å². The molecule has 2 aromatic heterocycles. The van der Waals surface area contributed by atoms with Gasteiger partial charge in [-0.25, -0.2) is 9.78 Å². The summed E-state index contributed by atoms with van der Waals surface area (Å²) in [7, 11) is 1.66. The molecule has 28 heavy (non-hydrogen) atoms. The Balaban J connectivity index is 1.81. The second-order valence-electron chi connectivity index (χ2n) is 8.19. The number of nitrogens with zero attached hydrogens (tertiary/aromatic N) is 4. The standard InChI is InChI=1S/C19H28N6O3/c1-10-7-23(8-14(10)15(20)9-28-3)17-11(2)16-13(6-22-17)18(26)25(21)19(27)24(16)12-4-5-12/h6,10,12,14-15H,4-5,7-9,20-21H2,1-3H3. The van der Waals surface area contributed by atoms with E-state index >= 15 is 0 Å². The van der Waals surface area contributed by atoms with Crippen LogP contribution in [0.25, 0.3) is 10.9 Å². The molecular formula is C19H28N6O3. The van der Waals surface area contributed by atoms with E-state index in [-0.39, 0.29) is 12.1 Å². The lowest BCUT2D eigenvalue weighted by Crippen LogP contribution is -2.44. The van der Waals surface area contributed by atoms with Crippen molar-refractivity contribution in [2.45, 2.75) is 38.8 Å². The van der Waals surface area contributed by atoms with Crippen LogP contribution in [0.5, 0.6) is 0 Å². The zero-order chi connectivity index (χ0) is 20.2. The third-order valence-electron chi connectivity index (χ3n) is 6.16. The molecule has 1 aliphatic carbocycles. The molecule has 3 heterocycles. The van der Waals surface area contributed by atoms with Gasteiger partial charge in [0.25, 0.3) is 5.56 Å². The van der Waals surface area contributed by atoms with Crippen molar-refractivity contribution < 1.29 is 4.74 Å². The quantitative estimate of drug-likeness (QED) is 0.689. The normalized spacial score (nSPS) is 23.5. The highest BCUT2D eigenvalue weighted by atomic mass is 16.5. The Labute approximate surface area is 162 Å². The van der Waals surface area contributed by atoms with Gasteiger partial charge in [0.05, 0.1) is 17.5 Å². The number of nitrogen functional groups attached to an aromatic ring is 1. The van der Waals surface area contributed by atoms with Gasteiger partial charge in [0, 0.05) is 44.0 Å². The topological polar surface area (TPSA) is 121 Å². The van der Waals surface area contributed by atoms with E-state index < -0.39 is 11.2 Å². The third-order valence-corrected chi connectivity index (χ3v) is 6.16. The molecule has 1 saturated carbocycles. The molecular weight excluding hydrogens is 360 g/mol. The highest BCUT2D eigenvalue weighted by molar-refractivity contribution is 5.84. The van der Waals surface area contributed by atoms with E-state index in [0.717, 1.165) is 37.3 Å². The Bertz CT molecular complexity index is 1020. The maximum atomic E-state index is 12.7. The molecule has 4 N–H and O–H groups in total. The number of aromatic nitrogens is 3. The molecule has 3 unspecified atom stereocenters. The minimum atomic E-state index is -0.506. The molecule has 0 spiro atoms. The van der Waals surface area contributed by atoms with E-state index in [1.54, 1.807) is 17.9 Å². The molecule has 9 heteroatoms. The van der Waals surface area contributed by atoms with E-state index in [0.29, 0.717) is 34.0 Å². The summed E-state index contributed by atoms with van der Waals surface area (Å²) < 4.78 is 7.59. The van der Waals surface area contributed by atoms with Crippen LogP contribution < -0.4 is 27.7 Å². The summed E-state index contributed by atoms with van der Waals surface area (Å²) in [5.41, 5.74) is 6.83. The maximum absolute atomic E-state index is 12.7. The number of methoxy groups -OCH3 is 1. The lowest BCUT2D eigenvalue weighted by Gasteiger charge is -2.23. The van der Waals surface area contributed by atoms with E-state index in [9.17, 15) is 9.59 Å². The molecule has 2 fully saturated rings. The fourth-order valence-electron chi connectivity index (χ4n) is 4.52. The van der Waals surface area contributed by atoms with Gasteiger partial charge in [-0.2, -0.15) is 4.68 Å².